The maximum atomic E-state index is 5.66. The van der Waals surface area contributed by atoms with Crippen LogP contribution in [0.2, 0.25) is 0 Å². The van der Waals surface area contributed by atoms with Crippen molar-refractivity contribution < 1.29 is 9.47 Å². The van der Waals surface area contributed by atoms with Crippen molar-refractivity contribution in [3.63, 3.8) is 0 Å². The van der Waals surface area contributed by atoms with Crippen LogP contribution in [0, 0.1) is 0 Å². The van der Waals surface area contributed by atoms with Crippen molar-refractivity contribution in [2.75, 3.05) is 12.8 Å². The number of nitrogens with zero attached hydrogens (tertiary/aromatic N) is 2. The summed E-state index contributed by atoms with van der Waals surface area (Å²) in [6.07, 6.45) is 1.75. The Labute approximate surface area is 99.8 Å². The van der Waals surface area contributed by atoms with Crippen LogP contribution in [-0.4, -0.2) is 16.7 Å². The predicted molar refractivity (Wildman–Crippen MR) is 65.4 cm³/mol. The molecule has 1 heterocycles. The van der Waals surface area contributed by atoms with E-state index in [1.165, 1.54) is 0 Å². The van der Waals surface area contributed by atoms with Gasteiger partial charge in [0.05, 0.1) is 13.3 Å². The van der Waals surface area contributed by atoms with Gasteiger partial charge in [-0.2, -0.15) is 4.98 Å². The van der Waals surface area contributed by atoms with Gasteiger partial charge in [0.15, 0.2) is 0 Å². The Morgan fingerprint density at radius 2 is 2.12 bits per heavy atom. The topological polar surface area (TPSA) is 62.3 Å². The molecular weight excluding hydrogens is 218 g/mol. The first-order valence-corrected chi connectivity index (χ1v) is 5.37. The van der Waals surface area contributed by atoms with E-state index in [2.05, 4.69) is 4.98 Å². The zero-order valence-corrected chi connectivity index (χ0v) is 9.88. The van der Waals surface area contributed by atoms with Gasteiger partial charge in [-0.15, -0.1) is 0 Å². The Balaban J connectivity index is 2.24. The number of ether oxygens (including phenoxy) is 2. The molecule has 0 radical (unpaired) electrons. The smallest absolute Gasteiger partial charge is 0.303 e. The van der Waals surface area contributed by atoms with Gasteiger partial charge in [-0.05, 0) is 19.1 Å². The second-order valence-electron chi connectivity index (χ2n) is 3.52. The molecule has 0 aliphatic rings. The number of benzene rings is 1. The quantitative estimate of drug-likeness (QED) is 0.880. The Morgan fingerprint density at radius 3 is 2.82 bits per heavy atom. The summed E-state index contributed by atoms with van der Waals surface area (Å²) in [5.74, 6) is 1.86. The van der Waals surface area contributed by atoms with Crippen molar-refractivity contribution >= 4 is 5.82 Å². The number of nitrogen functional groups attached to an aromatic ring is 1. The van der Waals surface area contributed by atoms with Gasteiger partial charge in [-0.1, -0.05) is 6.07 Å². The van der Waals surface area contributed by atoms with Gasteiger partial charge in [0.2, 0.25) is 0 Å². The molecule has 0 amide bonds. The lowest BCUT2D eigenvalue weighted by Crippen LogP contribution is -1.97. The third kappa shape index (κ3) is 2.50. The summed E-state index contributed by atoms with van der Waals surface area (Å²) in [4.78, 5) is 4.11. The van der Waals surface area contributed by atoms with Gasteiger partial charge in [-0.3, -0.25) is 4.57 Å². The van der Waals surface area contributed by atoms with E-state index < -0.39 is 0 Å². The summed E-state index contributed by atoms with van der Waals surface area (Å²) in [6.45, 7) is 2.75. The number of imidazole rings is 1. The SMILES string of the molecule is CCn1cc(N)nc1Oc1cccc(OC)c1. The molecule has 0 aliphatic heterocycles. The third-order valence-electron chi connectivity index (χ3n) is 2.35. The maximum absolute atomic E-state index is 5.66. The number of rotatable bonds is 4. The molecule has 5 heteroatoms. The normalized spacial score (nSPS) is 10.2. The van der Waals surface area contributed by atoms with Crippen LogP contribution in [-0.2, 0) is 6.54 Å². The van der Waals surface area contributed by atoms with Gasteiger partial charge >= 0.3 is 6.01 Å². The minimum Gasteiger partial charge on any atom is -0.497 e. The standard InChI is InChI=1S/C12H15N3O2/c1-3-15-8-11(13)14-12(15)17-10-6-4-5-9(7-10)16-2/h4-8H,3,13H2,1-2H3. The lowest BCUT2D eigenvalue weighted by molar-refractivity contribution is 0.396. The van der Waals surface area contributed by atoms with E-state index in [9.17, 15) is 0 Å². The third-order valence-corrected chi connectivity index (χ3v) is 2.35. The Morgan fingerprint density at radius 1 is 1.35 bits per heavy atom. The minimum atomic E-state index is 0.449. The second-order valence-corrected chi connectivity index (χ2v) is 3.52. The minimum absolute atomic E-state index is 0.449. The molecule has 0 unspecified atom stereocenters. The van der Waals surface area contributed by atoms with Crippen LogP contribution in [0.15, 0.2) is 30.5 Å². The first-order valence-electron chi connectivity index (χ1n) is 5.37. The molecule has 0 atom stereocenters. The molecule has 0 spiro atoms. The molecular formula is C12H15N3O2. The molecule has 90 valence electrons. The molecule has 2 rings (SSSR count). The molecule has 5 nitrogen and oxygen atoms in total. The summed E-state index contributed by atoms with van der Waals surface area (Å²) >= 11 is 0. The zero-order chi connectivity index (χ0) is 12.3. The molecule has 0 fully saturated rings. The summed E-state index contributed by atoms with van der Waals surface area (Å²) < 4.78 is 12.6. The van der Waals surface area contributed by atoms with Crippen molar-refractivity contribution in [2.24, 2.45) is 0 Å². The number of methoxy groups -OCH3 is 1. The van der Waals surface area contributed by atoms with E-state index >= 15 is 0 Å². The highest BCUT2D eigenvalue weighted by molar-refractivity contribution is 5.36. The lowest BCUT2D eigenvalue weighted by atomic mass is 10.3. The number of nitrogens with two attached hydrogens (primary N) is 1. The number of hydrogen-bond acceptors (Lipinski definition) is 4. The average molecular weight is 233 g/mol. The monoisotopic (exact) mass is 233 g/mol. The van der Waals surface area contributed by atoms with Crippen LogP contribution in [0.3, 0.4) is 0 Å². The van der Waals surface area contributed by atoms with Crippen molar-refractivity contribution in [1.82, 2.24) is 9.55 Å². The molecule has 0 bridgehead atoms. The Kier molecular flexibility index (Phi) is 3.18. The van der Waals surface area contributed by atoms with Crippen LogP contribution in [0.4, 0.5) is 5.82 Å². The second kappa shape index (κ2) is 4.78. The van der Waals surface area contributed by atoms with E-state index in [1.807, 2.05) is 29.7 Å². The van der Waals surface area contributed by atoms with E-state index in [1.54, 1.807) is 19.4 Å². The molecule has 0 saturated carbocycles. The van der Waals surface area contributed by atoms with Crippen molar-refractivity contribution in [3.05, 3.63) is 30.5 Å². The first kappa shape index (κ1) is 11.3. The molecule has 1 aromatic carbocycles. The van der Waals surface area contributed by atoms with Gasteiger partial charge in [0, 0.05) is 12.6 Å². The van der Waals surface area contributed by atoms with E-state index in [-0.39, 0.29) is 0 Å². The average Bonchev–Trinajstić information content (AvgIpc) is 2.69. The van der Waals surface area contributed by atoms with E-state index in [0.717, 1.165) is 12.3 Å². The zero-order valence-electron chi connectivity index (χ0n) is 9.88. The van der Waals surface area contributed by atoms with Crippen LogP contribution in [0.1, 0.15) is 6.92 Å². The van der Waals surface area contributed by atoms with Crippen LogP contribution < -0.4 is 15.2 Å². The molecule has 2 N–H and O–H groups in total. The van der Waals surface area contributed by atoms with Gasteiger partial charge in [0.1, 0.15) is 17.3 Å². The molecule has 0 aliphatic carbocycles. The van der Waals surface area contributed by atoms with Gasteiger partial charge in [-0.25, -0.2) is 0 Å². The molecule has 1 aromatic heterocycles. The number of anilines is 1. The summed E-state index contributed by atoms with van der Waals surface area (Å²) in [5.41, 5.74) is 5.63. The van der Waals surface area contributed by atoms with Gasteiger partial charge < -0.3 is 15.2 Å². The number of aromatic nitrogens is 2. The van der Waals surface area contributed by atoms with Crippen LogP contribution in [0.5, 0.6) is 17.5 Å². The summed E-state index contributed by atoms with van der Waals surface area (Å²) in [7, 11) is 1.62. The molecule has 17 heavy (non-hydrogen) atoms. The van der Waals surface area contributed by atoms with Crippen LogP contribution >= 0.6 is 0 Å². The predicted octanol–water partition coefficient (Wildman–Crippen LogP) is 2.29. The highest BCUT2D eigenvalue weighted by Crippen LogP contribution is 2.25. The van der Waals surface area contributed by atoms with Gasteiger partial charge in [0.25, 0.3) is 0 Å². The number of hydrogen-bond donors (Lipinski definition) is 1. The van der Waals surface area contributed by atoms with E-state index in [4.69, 9.17) is 15.2 Å². The van der Waals surface area contributed by atoms with Crippen molar-refractivity contribution in [1.29, 1.82) is 0 Å². The van der Waals surface area contributed by atoms with Crippen LogP contribution in [0.25, 0.3) is 0 Å². The van der Waals surface area contributed by atoms with Crippen molar-refractivity contribution in [2.45, 2.75) is 13.5 Å². The highest BCUT2D eigenvalue weighted by Gasteiger charge is 2.07. The summed E-state index contributed by atoms with van der Waals surface area (Å²) in [5, 5.41) is 0. The largest absolute Gasteiger partial charge is 0.497 e. The lowest BCUT2D eigenvalue weighted by Gasteiger charge is -2.07. The number of aryl methyl sites for hydroxylation is 1. The maximum Gasteiger partial charge on any atom is 0.303 e. The first-order chi connectivity index (χ1) is 8.22. The Bertz CT molecular complexity index is 508. The molecule has 2 aromatic rings. The fourth-order valence-corrected chi connectivity index (χ4v) is 1.50. The van der Waals surface area contributed by atoms with E-state index in [0.29, 0.717) is 17.6 Å². The fraction of sp³-hybridized carbons (Fsp3) is 0.250. The molecule has 0 saturated heterocycles. The highest BCUT2D eigenvalue weighted by atomic mass is 16.5. The fourth-order valence-electron chi connectivity index (χ4n) is 1.50. The van der Waals surface area contributed by atoms with Crippen molar-refractivity contribution in [3.8, 4) is 17.5 Å². The Hall–Kier alpha value is -2.17. The summed E-state index contributed by atoms with van der Waals surface area (Å²) in [6, 6.07) is 7.83.